The number of nitrogens with one attached hydrogen (secondary N) is 2. The number of aromatic nitrogens is 4. The van der Waals surface area contributed by atoms with E-state index in [0.717, 1.165) is 25.0 Å². The number of nitrogens with zero attached hydrogens (tertiary/aromatic N) is 3. The van der Waals surface area contributed by atoms with E-state index in [0.29, 0.717) is 40.8 Å². The summed E-state index contributed by atoms with van der Waals surface area (Å²) in [5.74, 6) is 1.73. The summed E-state index contributed by atoms with van der Waals surface area (Å²) < 4.78 is 18.4. The van der Waals surface area contributed by atoms with Crippen molar-refractivity contribution in [3.63, 3.8) is 0 Å². The Balaban J connectivity index is 1.35. The van der Waals surface area contributed by atoms with Gasteiger partial charge in [-0.05, 0) is 49.9 Å². The molecule has 4 heterocycles. The van der Waals surface area contributed by atoms with Crippen molar-refractivity contribution in [3.8, 4) is 28.9 Å². The average molecular weight is 459 g/mol. The van der Waals surface area contributed by atoms with Gasteiger partial charge < -0.3 is 19.2 Å². The molecule has 3 aromatic heterocycles. The second-order valence-electron chi connectivity index (χ2n) is 8.18. The molecule has 172 valence electrons. The number of amides is 1. The normalized spacial score (nSPS) is 16.6. The molecule has 0 radical (unpaired) electrons. The van der Waals surface area contributed by atoms with Crippen LogP contribution in [0, 0.1) is 0 Å². The second kappa shape index (κ2) is 8.22. The van der Waals surface area contributed by atoms with Gasteiger partial charge in [-0.1, -0.05) is 12.1 Å². The number of fused-ring (bicyclic) bond motifs is 2. The van der Waals surface area contributed by atoms with Crippen LogP contribution < -0.4 is 20.3 Å². The number of para-hydroxylation sites is 2. The Morgan fingerprint density at radius 3 is 2.82 bits per heavy atom. The first-order valence-corrected chi connectivity index (χ1v) is 11.1. The van der Waals surface area contributed by atoms with Crippen LogP contribution in [0.15, 0.2) is 57.9 Å². The lowest BCUT2D eigenvalue weighted by Gasteiger charge is -2.25. The fraction of sp³-hybridized carbons (Fsp3) is 0.250. The molecule has 10 heteroatoms. The summed E-state index contributed by atoms with van der Waals surface area (Å²) >= 11 is 0. The molecule has 0 fully saturated rings. The van der Waals surface area contributed by atoms with E-state index in [2.05, 4.69) is 20.4 Å². The lowest BCUT2D eigenvalue weighted by molar-refractivity contribution is -0.125. The number of anilines is 1. The molecule has 2 N–H and O–H groups in total. The predicted molar refractivity (Wildman–Crippen MR) is 121 cm³/mol. The maximum Gasteiger partial charge on any atom is 0.270 e. The first kappa shape index (κ1) is 20.3. The van der Waals surface area contributed by atoms with Crippen molar-refractivity contribution in [2.24, 2.45) is 0 Å². The largest absolute Gasteiger partial charge is 0.485 e. The van der Waals surface area contributed by atoms with E-state index in [1.165, 1.54) is 10.9 Å². The van der Waals surface area contributed by atoms with Crippen LogP contribution in [0.5, 0.6) is 11.5 Å². The fourth-order valence-electron chi connectivity index (χ4n) is 4.22. The van der Waals surface area contributed by atoms with E-state index >= 15 is 0 Å². The van der Waals surface area contributed by atoms with E-state index in [1.54, 1.807) is 30.3 Å². The molecule has 0 spiro atoms. The molecule has 1 aromatic carbocycles. The third-order valence-electron chi connectivity index (χ3n) is 5.91. The summed E-state index contributed by atoms with van der Waals surface area (Å²) in [7, 11) is 0. The van der Waals surface area contributed by atoms with Gasteiger partial charge in [-0.15, -0.1) is 0 Å². The van der Waals surface area contributed by atoms with Gasteiger partial charge in [0.25, 0.3) is 11.5 Å². The number of aromatic amines is 1. The molecular formula is C24H21N5O5. The Bertz CT molecular complexity index is 1420. The molecule has 6 rings (SSSR count). The molecule has 0 saturated heterocycles. The molecule has 0 saturated carbocycles. The molecule has 1 amide bonds. The minimum absolute atomic E-state index is 0.0654. The minimum Gasteiger partial charge on any atom is -0.485 e. The van der Waals surface area contributed by atoms with Crippen LogP contribution in [0.3, 0.4) is 0 Å². The summed E-state index contributed by atoms with van der Waals surface area (Å²) in [6.45, 7) is 0.0654. The molecule has 1 atom stereocenters. The zero-order valence-electron chi connectivity index (χ0n) is 18.1. The monoisotopic (exact) mass is 459 g/mol. The van der Waals surface area contributed by atoms with Crippen LogP contribution in [-0.2, 0) is 17.6 Å². The molecule has 1 aliphatic carbocycles. The van der Waals surface area contributed by atoms with Crippen LogP contribution in [0.1, 0.15) is 24.1 Å². The number of ether oxygens (including phenoxy) is 2. The van der Waals surface area contributed by atoms with Crippen molar-refractivity contribution in [1.29, 1.82) is 0 Å². The maximum atomic E-state index is 13.1. The molecule has 1 unspecified atom stereocenters. The summed E-state index contributed by atoms with van der Waals surface area (Å²) in [5.41, 5.74) is 1.77. The predicted octanol–water partition coefficient (Wildman–Crippen LogP) is 2.87. The van der Waals surface area contributed by atoms with E-state index < -0.39 is 12.0 Å². The SMILES string of the molecule is O=C(Nc1cc(-c2ccco2)nn1-c1nc2c(c(=O)[nH]1)CCCC2)C1COc2ccccc2O1. The molecule has 34 heavy (non-hydrogen) atoms. The van der Waals surface area contributed by atoms with Gasteiger partial charge in [0.1, 0.15) is 18.1 Å². The van der Waals surface area contributed by atoms with Crippen molar-refractivity contribution in [3.05, 3.63) is 70.3 Å². The van der Waals surface area contributed by atoms with E-state index in [1.807, 2.05) is 12.1 Å². The van der Waals surface area contributed by atoms with Gasteiger partial charge in [-0.25, -0.2) is 4.98 Å². The highest BCUT2D eigenvalue weighted by molar-refractivity contribution is 5.94. The standard InChI is InChI=1S/C24H21N5O5/c30-22-14-6-1-2-7-15(14)25-24(27-22)29-21(12-16(28-29)17-10-5-11-32-17)26-23(31)20-13-33-18-8-3-4-9-19(18)34-20/h3-5,8-12,20H,1-2,6-7,13H2,(H,26,31)(H,25,27,30). The fourth-order valence-corrected chi connectivity index (χ4v) is 4.22. The van der Waals surface area contributed by atoms with Gasteiger partial charge in [-0.2, -0.15) is 9.78 Å². The van der Waals surface area contributed by atoms with Crippen molar-refractivity contribution >= 4 is 11.7 Å². The van der Waals surface area contributed by atoms with Crippen LogP contribution in [0.25, 0.3) is 17.4 Å². The number of aryl methyl sites for hydroxylation is 1. The third-order valence-corrected chi connectivity index (χ3v) is 5.91. The highest BCUT2D eigenvalue weighted by Crippen LogP contribution is 2.31. The Morgan fingerprint density at radius 2 is 1.97 bits per heavy atom. The van der Waals surface area contributed by atoms with Gasteiger partial charge in [0.2, 0.25) is 12.1 Å². The molecule has 2 aliphatic rings. The lowest BCUT2D eigenvalue weighted by Crippen LogP contribution is -2.40. The first-order chi connectivity index (χ1) is 16.7. The Kier molecular flexibility index (Phi) is 4.90. The molecule has 4 aromatic rings. The number of benzene rings is 1. The number of furan rings is 1. The molecular weight excluding hydrogens is 438 g/mol. The van der Waals surface area contributed by atoms with Crippen LogP contribution in [0.2, 0.25) is 0 Å². The maximum absolute atomic E-state index is 13.1. The Morgan fingerprint density at radius 1 is 1.12 bits per heavy atom. The smallest absolute Gasteiger partial charge is 0.270 e. The van der Waals surface area contributed by atoms with E-state index in [-0.39, 0.29) is 18.1 Å². The number of H-pyrrole nitrogens is 1. The van der Waals surface area contributed by atoms with Gasteiger partial charge >= 0.3 is 0 Å². The second-order valence-corrected chi connectivity index (χ2v) is 8.18. The number of hydrogen-bond acceptors (Lipinski definition) is 7. The molecule has 0 bridgehead atoms. The molecule has 1 aliphatic heterocycles. The lowest BCUT2D eigenvalue weighted by atomic mass is 9.97. The minimum atomic E-state index is -0.860. The summed E-state index contributed by atoms with van der Waals surface area (Å²) in [6.07, 6.45) is 4.06. The summed E-state index contributed by atoms with van der Waals surface area (Å²) in [6, 6.07) is 12.3. The van der Waals surface area contributed by atoms with Gasteiger partial charge in [0.15, 0.2) is 17.3 Å². The molecule has 10 nitrogen and oxygen atoms in total. The quantitative estimate of drug-likeness (QED) is 0.481. The van der Waals surface area contributed by atoms with Crippen molar-refractivity contribution in [2.75, 3.05) is 11.9 Å². The van der Waals surface area contributed by atoms with Crippen LogP contribution in [-0.4, -0.2) is 38.4 Å². The Hall–Kier alpha value is -4.34. The van der Waals surface area contributed by atoms with Crippen LogP contribution in [0.4, 0.5) is 5.82 Å². The third kappa shape index (κ3) is 3.62. The van der Waals surface area contributed by atoms with Gasteiger partial charge in [-0.3, -0.25) is 14.6 Å². The van der Waals surface area contributed by atoms with Crippen molar-refractivity contribution in [1.82, 2.24) is 19.7 Å². The van der Waals surface area contributed by atoms with Gasteiger partial charge in [0.05, 0.1) is 12.0 Å². The number of carbonyl (C=O) groups is 1. The van der Waals surface area contributed by atoms with Crippen molar-refractivity contribution in [2.45, 2.75) is 31.8 Å². The van der Waals surface area contributed by atoms with Gasteiger partial charge in [0, 0.05) is 11.6 Å². The van der Waals surface area contributed by atoms with Crippen molar-refractivity contribution < 1.29 is 18.7 Å². The van der Waals surface area contributed by atoms with E-state index in [9.17, 15) is 9.59 Å². The zero-order valence-corrected chi connectivity index (χ0v) is 18.1. The highest BCUT2D eigenvalue weighted by Gasteiger charge is 2.29. The van der Waals surface area contributed by atoms with Crippen LogP contribution >= 0.6 is 0 Å². The Labute approximate surface area is 193 Å². The number of hydrogen-bond donors (Lipinski definition) is 2. The van der Waals surface area contributed by atoms with E-state index in [4.69, 9.17) is 13.9 Å². The summed E-state index contributed by atoms with van der Waals surface area (Å²) in [5, 5.41) is 7.39. The first-order valence-electron chi connectivity index (χ1n) is 11.1. The topological polar surface area (TPSA) is 124 Å². The zero-order chi connectivity index (χ0) is 23.1. The highest BCUT2D eigenvalue weighted by atomic mass is 16.6. The number of carbonyl (C=O) groups excluding carboxylic acids is 1. The summed E-state index contributed by atoms with van der Waals surface area (Å²) in [4.78, 5) is 33.3. The average Bonchev–Trinajstić information content (AvgIpc) is 3.54. The number of rotatable bonds is 4.